The van der Waals surface area contributed by atoms with Gasteiger partial charge in [0.15, 0.2) is 28.9 Å². The molecule has 0 spiro atoms. The van der Waals surface area contributed by atoms with Crippen molar-refractivity contribution in [3.05, 3.63) is 179 Å². The third-order valence-electron chi connectivity index (χ3n) is 16.7. The number of hydrogen-bond acceptors (Lipinski definition) is 28. The summed E-state index contributed by atoms with van der Waals surface area (Å²) in [6.07, 6.45) is 0. The van der Waals surface area contributed by atoms with Crippen molar-refractivity contribution in [1.29, 1.82) is 0 Å². The van der Waals surface area contributed by atoms with E-state index < -0.39 is 0 Å². The lowest BCUT2D eigenvalue weighted by molar-refractivity contribution is 0.302. The monoisotopic (exact) mass is 1460 g/mol. The molecule has 0 aliphatic heterocycles. The van der Waals surface area contributed by atoms with Crippen molar-refractivity contribution >= 4 is 89.9 Å². The Morgan fingerprint density at radius 1 is 0.340 bits per heavy atom. The Kier molecular flexibility index (Phi) is 32.5. The SMILES string of the molecule is Cc1c(C)c(C)c2c(c1C)c(C)c(C)n2C.Cc1nc2c(C)c(C)c(C)c(C)c2o1.Cc1nc2c(C)c(C)c(C)c(C)c2s1.Cc1nnoc1C.Cc1nnsc1C.Cc1noc(C)n1.Cc1noc(C)n1.Cc1nonc1C.Cc1nsc(C)n1.Cc1nsc(C)n1.Cc1nsnc1C. The molecular formula is C71H99N19O5S5. The van der Waals surface area contributed by atoms with Gasteiger partial charge < -0.3 is 22.6 Å². The van der Waals surface area contributed by atoms with Crippen molar-refractivity contribution in [3.63, 3.8) is 0 Å². The molecule has 0 bridgehead atoms. The van der Waals surface area contributed by atoms with Crippen molar-refractivity contribution in [2.45, 2.75) is 222 Å². The molecule has 0 unspecified atom stereocenters. The fourth-order valence-electron chi connectivity index (χ4n) is 9.17. The zero-order chi connectivity index (χ0) is 75.3. The Labute approximate surface area is 608 Å². The molecule has 14 rings (SSSR count). The highest BCUT2D eigenvalue weighted by molar-refractivity contribution is 7.18. The Bertz CT molecular complexity index is 4220. The van der Waals surface area contributed by atoms with Crippen LogP contribution in [0.4, 0.5) is 0 Å². The zero-order valence-corrected chi connectivity index (χ0v) is 68.7. The van der Waals surface area contributed by atoms with Gasteiger partial charge in [-0.1, -0.05) is 25.1 Å². The van der Waals surface area contributed by atoms with Gasteiger partial charge in [0, 0.05) is 49.0 Å². The van der Waals surface area contributed by atoms with Crippen LogP contribution in [0, 0.1) is 222 Å². The molecule has 0 saturated heterocycles. The normalized spacial score (nSPS) is 10.2. The first-order valence-corrected chi connectivity index (χ1v) is 35.9. The van der Waals surface area contributed by atoms with E-state index in [4.69, 9.17) is 4.42 Å². The number of thiazole rings is 1. The van der Waals surface area contributed by atoms with Crippen LogP contribution >= 0.6 is 57.7 Å². The summed E-state index contributed by atoms with van der Waals surface area (Å²) in [5, 5.41) is 29.5. The van der Waals surface area contributed by atoms with Crippen molar-refractivity contribution in [2.24, 2.45) is 7.05 Å². The van der Waals surface area contributed by atoms with Crippen LogP contribution in [0.2, 0.25) is 0 Å². The molecule has 0 aliphatic rings. The second-order valence-electron chi connectivity index (χ2n) is 24.0. The molecule has 0 saturated carbocycles. The minimum Gasteiger partial charge on any atom is -0.441 e. The van der Waals surface area contributed by atoms with E-state index in [1.807, 2.05) is 90.0 Å². The highest BCUT2D eigenvalue weighted by atomic mass is 32.1. The molecule has 14 aromatic rings. The van der Waals surface area contributed by atoms with Gasteiger partial charge >= 0.3 is 0 Å². The average Bonchev–Trinajstić information content (AvgIpc) is 1.60. The van der Waals surface area contributed by atoms with Gasteiger partial charge in [-0.25, -0.2) is 24.6 Å². The molecule has 538 valence electrons. The molecule has 0 aliphatic carbocycles. The molecule has 100 heavy (non-hydrogen) atoms. The number of aryl methyl sites for hydroxylation is 26. The van der Waals surface area contributed by atoms with E-state index in [-0.39, 0.29) is 0 Å². The fourth-order valence-corrected chi connectivity index (χ4v) is 12.2. The van der Waals surface area contributed by atoms with Crippen molar-refractivity contribution in [1.82, 2.24) is 92.5 Å². The molecule has 11 heterocycles. The summed E-state index contributed by atoms with van der Waals surface area (Å²) < 4.78 is 47.0. The quantitative estimate of drug-likeness (QED) is 0.136. The first-order valence-electron chi connectivity index (χ1n) is 32.1. The molecule has 29 heteroatoms. The number of nitrogens with zero attached hydrogens (tertiary/aromatic N) is 19. The number of oxazole rings is 1. The van der Waals surface area contributed by atoms with Crippen LogP contribution in [-0.4, -0.2) is 92.5 Å². The highest BCUT2D eigenvalue weighted by Gasteiger charge is 2.18. The van der Waals surface area contributed by atoms with Gasteiger partial charge in [0.05, 0.1) is 49.6 Å². The standard InChI is InChI=1S/C15H21N.C12H15NO.C12H15NS.4C4H6N2O.4C4H6N2S/c1-8-9(2)11(4)15-14(10(8)3)12(5)13(6)16(15)7;2*1-6-7(2)9(4)12-11(8(6)3)13-10(5)14-12;2*1-3-5-4(2)7-6-3;1-3-4(2)7-6-5-3;1-3-4(2)6-7-5-3;2*1-3-5-4(2)7-6-3;1-3-4(2)7-6-5-3;1-3-4(2)6-7-5-3/h1-7H3;2*1-5H3;8*1-2H3. The number of aromatic nitrogens is 19. The molecule has 11 aromatic heterocycles. The molecule has 0 N–H and O–H groups in total. The molecule has 0 fully saturated rings. The lowest BCUT2D eigenvalue weighted by Gasteiger charge is -2.12. The maximum Gasteiger partial charge on any atom is 0.223 e. The lowest BCUT2D eigenvalue weighted by Crippen LogP contribution is -1.97. The predicted octanol–water partition coefficient (Wildman–Crippen LogP) is 18.6. The topological polar surface area (TPSA) is 303 Å². The molecule has 0 radical (unpaired) electrons. The smallest absolute Gasteiger partial charge is 0.223 e. The third kappa shape index (κ3) is 23.8. The third-order valence-corrected chi connectivity index (χ3v) is 20.6. The lowest BCUT2D eigenvalue weighted by atomic mass is 9.94. The predicted molar refractivity (Wildman–Crippen MR) is 405 cm³/mol. The summed E-state index contributed by atoms with van der Waals surface area (Å²) in [7, 11) is 2.17. The minimum absolute atomic E-state index is 0.623. The van der Waals surface area contributed by atoms with E-state index in [0.29, 0.717) is 23.4 Å². The fraction of sp³-hybridized carbons (Fsp3) is 0.465. The van der Waals surface area contributed by atoms with Crippen LogP contribution in [-0.2, 0) is 7.05 Å². The number of fused-ring (bicyclic) bond motifs is 3. The molecular weight excluding hydrogens is 1360 g/mol. The largest absolute Gasteiger partial charge is 0.441 e. The highest BCUT2D eigenvalue weighted by Crippen LogP contribution is 2.35. The maximum absolute atomic E-state index is 5.60. The van der Waals surface area contributed by atoms with Crippen LogP contribution in [0.3, 0.4) is 0 Å². The molecule has 0 atom stereocenters. The van der Waals surface area contributed by atoms with E-state index >= 15 is 0 Å². The van der Waals surface area contributed by atoms with Gasteiger partial charge in [-0.15, -0.1) is 21.5 Å². The Morgan fingerprint density at radius 2 is 0.810 bits per heavy atom. The van der Waals surface area contributed by atoms with E-state index in [2.05, 4.69) is 222 Å². The summed E-state index contributed by atoms with van der Waals surface area (Å²) in [4.78, 5) is 25.9. The summed E-state index contributed by atoms with van der Waals surface area (Å²) in [6, 6.07) is 0. The number of rotatable bonds is 0. The Hall–Kier alpha value is -8.64. The minimum atomic E-state index is 0.623. The average molecular weight is 1460 g/mol. The number of hydrogen-bond donors (Lipinski definition) is 0. The number of benzene rings is 3. The van der Waals surface area contributed by atoms with Gasteiger partial charge in [-0.2, -0.15) is 27.5 Å². The summed E-state index contributed by atoms with van der Waals surface area (Å²) in [5.74, 6) is 5.92. The van der Waals surface area contributed by atoms with Gasteiger partial charge in [0.2, 0.25) is 11.8 Å². The maximum atomic E-state index is 5.60. The Balaban J connectivity index is 0.000000238. The summed E-state index contributed by atoms with van der Waals surface area (Å²) in [5.41, 5.74) is 29.5. The Morgan fingerprint density at radius 3 is 1.13 bits per heavy atom. The first-order chi connectivity index (χ1) is 46.8. The van der Waals surface area contributed by atoms with Crippen molar-refractivity contribution in [2.75, 3.05) is 0 Å². The van der Waals surface area contributed by atoms with Gasteiger partial charge in [-0.05, 0) is 308 Å². The van der Waals surface area contributed by atoms with Crippen LogP contribution < -0.4 is 0 Å². The van der Waals surface area contributed by atoms with Gasteiger partial charge in [0.1, 0.15) is 44.3 Å². The van der Waals surface area contributed by atoms with E-state index in [9.17, 15) is 0 Å². The van der Waals surface area contributed by atoms with E-state index in [0.717, 1.165) is 83.6 Å². The molecule has 3 aromatic carbocycles. The van der Waals surface area contributed by atoms with Crippen molar-refractivity contribution < 1.29 is 22.6 Å². The summed E-state index contributed by atoms with van der Waals surface area (Å²) >= 11 is 7.40. The zero-order valence-electron chi connectivity index (χ0n) is 64.6. The summed E-state index contributed by atoms with van der Waals surface area (Å²) in [6.45, 7) is 64.6. The second kappa shape index (κ2) is 38.8. The van der Waals surface area contributed by atoms with E-state index in [1.165, 1.54) is 150 Å². The first kappa shape index (κ1) is 83.8. The van der Waals surface area contributed by atoms with Gasteiger partial charge in [-0.3, -0.25) is 0 Å². The van der Waals surface area contributed by atoms with E-state index in [1.54, 1.807) is 39.0 Å². The van der Waals surface area contributed by atoms with Crippen LogP contribution in [0.15, 0.2) is 22.6 Å². The molecule has 24 nitrogen and oxygen atoms in total. The van der Waals surface area contributed by atoms with Crippen LogP contribution in [0.5, 0.6) is 0 Å². The van der Waals surface area contributed by atoms with Crippen LogP contribution in [0.25, 0.3) is 32.2 Å². The van der Waals surface area contributed by atoms with Gasteiger partial charge in [0.25, 0.3) is 0 Å². The van der Waals surface area contributed by atoms with Crippen LogP contribution in [0.1, 0.15) is 179 Å². The second-order valence-corrected chi connectivity index (χ2v) is 28.6. The van der Waals surface area contributed by atoms with Crippen molar-refractivity contribution in [3.8, 4) is 0 Å². The molecule has 0 amide bonds.